The topological polar surface area (TPSA) is 159 Å². The minimum absolute atomic E-state index is 0.407. The van der Waals surface area contributed by atoms with E-state index in [0.29, 0.717) is 25.0 Å². The molecule has 0 aromatic heterocycles. The van der Waals surface area contributed by atoms with Gasteiger partial charge in [-0.15, -0.1) is 0 Å². The van der Waals surface area contributed by atoms with Crippen LogP contribution < -0.4 is 4.72 Å². The number of sulfonamides is 1. The third kappa shape index (κ3) is 4.62. The number of nitro groups is 2. The lowest BCUT2D eigenvalue weighted by Gasteiger charge is -2.21. The molecule has 1 saturated carbocycles. The van der Waals surface area contributed by atoms with Crippen LogP contribution in [0.3, 0.4) is 0 Å². The Morgan fingerprint density at radius 2 is 1.76 bits per heavy atom. The molecular formula is C13H15N3O8S. The fourth-order valence-corrected chi connectivity index (χ4v) is 3.55. The van der Waals surface area contributed by atoms with E-state index in [1.165, 1.54) is 0 Å². The van der Waals surface area contributed by atoms with Crippen LogP contribution in [0.1, 0.15) is 32.1 Å². The molecule has 1 aliphatic carbocycles. The third-order valence-corrected chi connectivity index (χ3v) is 5.04. The first-order chi connectivity index (χ1) is 11.7. The number of nitrogens with one attached hydrogen (secondary N) is 1. The average Bonchev–Trinajstić information content (AvgIpc) is 2.54. The molecule has 1 amide bonds. The second kappa shape index (κ2) is 7.42. The van der Waals surface area contributed by atoms with Crippen LogP contribution in [0.15, 0.2) is 23.1 Å². The zero-order valence-electron chi connectivity index (χ0n) is 12.9. The van der Waals surface area contributed by atoms with Crippen molar-refractivity contribution < 1.29 is 27.8 Å². The summed E-state index contributed by atoms with van der Waals surface area (Å²) >= 11 is 0. The Balaban J connectivity index is 2.21. The monoisotopic (exact) mass is 373 g/mol. The predicted molar refractivity (Wildman–Crippen MR) is 83.4 cm³/mol. The molecule has 0 aliphatic heterocycles. The Bertz CT molecular complexity index is 801. The van der Waals surface area contributed by atoms with Crippen molar-refractivity contribution in [1.82, 2.24) is 4.72 Å². The van der Waals surface area contributed by atoms with Gasteiger partial charge < -0.3 is 4.74 Å². The number of non-ortho nitro benzene ring substituents is 1. The maximum absolute atomic E-state index is 12.2. The third-order valence-electron chi connectivity index (χ3n) is 3.68. The van der Waals surface area contributed by atoms with Crippen LogP contribution in [-0.2, 0) is 14.8 Å². The average molecular weight is 373 g/mol. The number of rotatable bonds is 5. The van der Waals surface area contributed by atoms with Crippen LogP contribution >= 0.6 is 0 Å². The maximum atomic E-state index is 12.2. The Morgan fingerprint density at radius 3 is 2.32 bits per heavy atom. The minimum atomic E-state index is -4.62. The van der Waals surface area contributed by atoms with Crippen LogP contribution in [0.25, 0.3) is 0 Å². The van der Waals surface area contributed by atoms with Crippen LogP contribution in [0, 0.1) is 20.2 Å². The molecule has 0 bridgehead atoms. The summed E-state index contributed by atoms with van der Waals surface area (Å²) in [5, 5.41) is 21.7. The molecule has 2 rings (SSSR count). The van der Waals surface area contributed by atoms with E-state index in [0.717, 1.165) is 25.3 Å². The molecule has 0 spiro atoms. The maximum Gasteiger partial charge on any atom is 0.421 e. The number of hydrogen-bond donors (Lipinski definition) is 1. The Morgan fingerprint density at radius 1 is 1.12 bits per heavy atom. The first-order valence-electron chi connectivity index (χ1n) is 7.37. The van der Waals surface area contributed by atoms with Gasteiger partial charge in [-0.25, -0.2) is 17.9 Å². The standard InChI is InChI=1S/C13H15N3O8S/c17-13(24-10-4-2-1-3-5-10)14-25(22,23)12-7-6-9(15(18)19)8-11(12)16(20)21/h6-8,10H,1-5H2,(H,14,17). The Labute approximate surface area is 142 Å². The predicted octanol–water partition coefficient (Wildman–Crippen LogP) is 2.25. The second-order valence-electron chi connectivity index (χ2n) is 5.44. The fraction of sp³-hybridized carbons (Fsp3) is 0.462. The quantitative estimate of drug-likeness (QED) is 0.607. The van der Waals surface area contributed by atoms with Crippen molar-refractivity contribution >= 4 is 27.5 Å². The number of nitro benzene ring substituents is 2. The van der Waals surface area contributed by atoms with Gasteiger partial charge in [0.1, 0.15) is 6.10 Å². The molecule has 25 heavy (non-hydrogen) atoms. The summed E-state index contributed by atoms with van der Waals surface area (Å²) in [4.78, 5) is 30.6. The van der Waals surface area contributed by atoms with Crippen LogP contribution in [-0.4, -0.2) is 30.5 Å². The van der Waals surface area contributed by atoms with Crippen molar-refractivity contribution in [3.63, 3.8) is 0 Å². The van der Waals surface area contributed by atoms with Gasteiger partial charge in [0.2, 0.25) is 0 Å². The number of carbonyl (C=O) groups excluding carboxylic acids is 1. The number of carbonyl (C=O) groups is 1. The zero-order chi connectivity index (χ0) is 18.6. The summed E-state index contributed by atoms with van der Waals surface area (Å²) in [6, 6.07) is 2.02. The van der Waals surface area contributed by atoms with E-state index in [4.69, 9.17) is 4.74 Å². The van der Waals surface area contributed by atoms with Crippen molar-refractivity contribution in [2.75, 3.05) is 0 Å². The largest absolute Gasteiger partial charge is 0.446 e. The van der Waals surface area contributed by atoms with Crippen LogP contribution in [0.5, 0.6) is 0 Å². The molecule has 0 saturated heterocycles. The van der Waals surface area contributed by atoms with Gasteiger partial charge in [0.25, 0.3) is 21.4 Å². The lowest BCUT2D eigenvalue weighted by molar-refractivity contribution is -0.396. The van der Waals surface area contributed by atoms with E-state index in [-0.39, 0.29) is 0 Å². The number of hydrogen-bond acceptors (Lipinski definition) is 8. The van der Waals surface area contributed by atoms with Gasteiger partial charge >= 0.3 is 6.09 Å². The van der Waals surface area contributed by atoms with Gasteiger partial charge in [0.15, 0.2) is 4.90 Å². The molecule has 1 aromatic carbocycles. The molecule has 1 N–H and O–H groups in total. The van der Waals surface area contributed by atoms with Crippen LogP contribution in [0.2, 0.25) is 0 Å². The summed E-state index contributed by atoms with van der Waals surface area (Å²) in [6.07, 6.45) is 2.32. The smallest absolute Gasteiger partial charge is 0.421 e. The van der Waals surface area contributed by atoms with E-state index < -0.39 is 48.3 Å². The molecular weight excluding hydrogens is 358 g/mol. The van der Waals surface area contributed by atoms with E-state index >= 15 is 0 Å². The molecule has 1 aromatic rings. The number of ether oxygens (including phenoxy) is 1. The second-order valence-corrected chi connectivity index (χ2v) is 7.09. The molecule has 136 valence electrons. The molecule has 0 atom stereocenters. The highest BCUT2D eigenvalue weighted by Gasteiger charge is 2.31. The highest BCUT2D eigenvalue weighted by atomic mass is 32.2. The summed E-state index contributed by atoms with van der Waals surface area (Å²) in [7, 11) is -4.62. The van der Waals surface area contributed by atoms with E-state index in [9.17, 15) is 33.4 Å². The zero-order valence-corrected chi connectivity index (χ0v) is 13.7. The Kier molecular flexibility index (Phi) is 5.51. The van der Waals surface area contributed by atoms with Crippen molar-refractivity contribution in [2.24, 2.45) is 0 Å². The van der Waals surface area contributed by atoms with E-state index in [2.05, 4.69) is 0 Å². The molecule has 1 fully saturated rings. The number of amides is 1. The molecule has 0 radical (unpaired) electrons. The van der Waals surface area contributed by atoms with Crippen LogP contribution in [0.4, 0.5) is 16.2 Å². The number of nitrogens with zero attached hydrogens (tertiary/aromatic N) is 2. The molecule has 0 unspecified atom stereocenters. The Hall–Kier alpha value is -2.76. The van der Waals surface area contributed by atoms with Gasteiger partial charge in [-0.2, -0.15) is 0 Å². The van der Waals surface area contributed by atoms with Gasteiger partial charge in [-0.3, -0.25) is 20.2 Å². The van der Waals surface area contributed by atoms with Gasteiger partial charge in [0, 0.05) is 6.07 Å². The van der Waals surface area contributed by atoms with Crippen molar-refractivity contribution in [1.29, 1.82) is 0 Å². The fourth-order valence-electron chi connectivity index (χ4n) is 2.51. The van der Waals surface area contributed by atoms with E-state index in [1.54, 1.807) is 4.72 Å². The summed E-state index contributed by atoms with van der Waals surface area (Å²) in [6.45, 7) is 0. The number of benzene rings is 1. The van der Waals surface area contributed by atoms with Gasteiger partial charge in [0.05, 0.1) is 15.9 Å². The summed E-state index contributed by atoms with van der Waals surface area (Å²) < 4.78 is 31.0. The van der Waals surface area contributed by atoms with Gasteiger partial charge in [-0.1, -0.05) is 6.42 Å². The molecule has 12 heteroatoms. The lowest BCUT2D eigenvalue weighted by Crippen LogP contribution is -2.34. The summed E-state index contributed by atoms with van der Waals surface area (Å²) in [5.74, 6) is 0. The minimum Gasteiger partial charge on any atom is -0.446 e. The van der Waals surface area contributed by atoms with Crippen molar-refractivity contribution in [2.45, 2.75) is 43.1 Å². The molecule has 0 heterocycles. The SMILES string of the molecule is O=C(NS(=O)(=O)c1ccc([N+](=O)[O-])cc1[N+](=O)[O-])OC1CCCCC1. The van der Waals surface area contributed by atoms with E-state index in [1.807, 2.05) is 0 Å². The first-order valence-corrected chi connectivity index (χ1v) is 8.85. The lowest BCUT2D eigenvalue weighted by atomic mass is 9.98. The van der Waals surface area contributed by atoms with Gasteiger partial charge in [-0.05, 0) is 31.7 Å². The molecule has 11 nitrogen and oxygen atoms in total. The first kappa shape index (κ1) is 18.6. The highest BCUT2D eigenvalue weighted by molar-refractivity contribution is 7.90. The van der Waals surface area contributed by atoms with Crippen molar-refractivity contribution in [3.8, 4) is 0 Å². The summed E-state index contributed by atoms with van der Waals surface area (Å²) in [5.41, 5.74) is -1.65. The highest BCUT2D eigenvalue weighted by Crippen LogP contribution is 2.28. The van der Waals surface area contributed by atoms with Crippen molar-refractivity contribution in [3.05, 3.63) is 38.4 Å². The molecule has 1 aliphatic rings. The normalized spacial score (nSPS) is 15.4.